The maximum atomic E-state index is 3.92. The summed E-state index contributed by atoms with van der Waals surface area (Å²) in [5.74, 6) is 1.08. The van der Waals surface area contributed by atoms with Crippen molar-refractivity contribution in [1.82, 2.24) is 0 Å². The molecule has 0 saturated heterocycles. The number of halogens is 2. The van der Waals surface area contributed by atoms with Gasteiger partial charge < -0.3 is 0 Å². The van der Waals surface area contributed by atoms with Crippen LogP contribution in [0.25, 0.3) is 6.08 Å². The third kappa shape index (κ3) is 4.06. The minimum absolute atomic E-state index is 0.995. The van der Waals surface area contributed by atoms with E-state index in [1.807, 2.05) is 0 Å². The molecule has 0 radical (unpaired) electrons. The van der Waals surface area contributed by atoms with Gasteiger partial charge in [0.15, 0.2) is 0 Å². The highest BCUT2D eigenvalue weighted by Crippen LogP contribution is 2.48. The molecule has 1 aliphatic rings. The molecule has 32 heavy (non-hydrogen) atoms. The Balaban J connectivity index is 2.01. The summed E-state index contributed by atoms with van der Waals surface area (Å²) in [6.07, 6.45) is 2.26. The SMILES string of the molecule is Cc1cc(C)c(N2C(=Cc3ccccc3)N(c3c(C)cc(C)cc3C)C(Br)=C2Br)c(C)c1. The van der Waals surface area contributed by atoms with E-state index in [2.05, 4.69) is 144 Å². The van der Waals surface area contributed by atoms with Gasteiger partial charge in [-0.25, -0.2) is 0 Å². The zero-order chi connectivity index (χ0) is 23.2. The molecule has 3 aromatic carbocycles. The van der Waals surface area contributed by atoms with Crippen LogP contribution in [-0.2, 0) is 0 Å². The first-order valence-corrected chi connectivity index (χ1v) is 12.4. The van der Waals surface area contributed by atoms with Crippen LogP contribution in [0.3, 0.4) is 0 Å². The molecule has 0 bridgehead atoms. The van der Waals surface area contributed by atoms with E-state index < -0.39 is 0 Å². The third-order valence-electron chi connectivity index (χ3n) is 5.83. The van der Waals surface area contributed by atoms with Crippen LogP contribution >= 0.6 is 31.9 Å². The molecule has 0 fully saturated rings. The Bertz CT molecular complexity index is 1130. The summed E-state index contributed by atoms with van der Waals surface area (Å²) in [7, 11) is 0. The fraction of sp³-hybridized carbons (Fsp3) is 0.214. The molecule has 0 aliphatic carbocycles. The quantitative estimate of drug-likeness (QED) is 0.300. The van der Waals surface area contributed by atoms with Gasteiger partial charge in [-0.05, 0) is 107 Å². The smallest absolute Gasteiger partial charge is 0.124 e. The summed E-state index contributed by atoms with van der Waals surface area (Å²) in [5.41, 5.74) is 11.1. The van der Waals surface area contributed by atoms with Gasteiger partial charge in [-0.15, -0.1) is 0 Å². The van der Waals surface area contributed by atoms with Crippen LogP contribution in [0.4, 0.5) is 11.4 Å². The summed E-state index contributed by atoms with van der Waals surface area (Å²) < 4.78 is 1.99. The molecular formula is C28H28Br2N2. The maximum absolute atomic E-state index is 3.92. The first-order valence-electron chi connectivity index (χ1n) is 10.8. The predicted octanol–water partition coefficient (Wildman–Crippen LogP) is 8.78. The molecule has 4 rings (SSSR count). The summed E-state index contributed by atoms with van der Waals surface area (Å²) in [4.78, 5) is 4.64. The van der Waals surface area contributed by atoms with Crippen LogP contribution < -0.4 is 9.80 Å². The number of anilines is 2. The van der Waals surface area contributed by atoms with Gasteiger partial charge in [0.1, 0.15) is 15.0 Å². The summed E-state index contributed by atoms with van der Waals surface area (Å²) in [5, 5.41) is 0. The number of hydrogen-bond acceptors (Lipinski definition) is 2. The normalized spacial score (nSPS) is 13.9. The van der Waals surface area contributed by atoms with Crippen LogP contribution in [0.5, 0.6) is 0 Å². The van der Waals surface area contributed by atoms with E-state index >= 15 is 0 Å². The summed E-state index contributed by atoms with van der Waals surface area (Å²) >= 11 is 7.85. The van der Waals surface area contributed by atoms with E-state index in [1.54, 1.807) is 0 Å². The highest BCUT2D eigenvalue weighted by Gasteiger charge is 2.36. The van der Waals surface area contributed by atoms with Crippen LogP contribution in [0.15, 0.2) is 69.6 Å². The van der Waals surface area contributed by atoms with Gasteiger partial charge >= 0.3 is 0 Å². The second-order valence-corrected chi connectivity index (χ2v) is 10.2. The molecule has 4 heteroatoms. The zero-order valence-electron chi connectivity index (χ0n) is 19.4. The monoisotopic (exact) mass is 550 g/mol. The van der Waals surface area contributed by atoms with Crippen molar-refractivity contribution in [3.8, 4) is 0 Å². The molecule has 164 valence electrons. The number of aryl methyl sites for hydroxylation is 6. The van der Waals surface area contributed by atoms with Crippen LogP contribution in [0.1, 0.15) is 38.9 Å². The fourth-order valence-electron chi connectivity index (χ4n) is 4.79. The molecule has 1 heterocycles. The standard InChI is InChI=1S/C28H28Br2N2/c1-17-12-19(3)25(20(4)13-17)31-24(16-23-10-8-7-9-11-23)32(28(30)27(31)29)26-21(5)14-18(2)15-22(26)6/h7-16H,1-6H3. The lowest BCUT2D eigenvalue weighted by atomic mass is 10.0. The minimum Gasteiger partial charge on any atom is -0.287 e. The van der Waals surface area contributed by atoms with Crippen LogP contribution in [0, 0.1) is 41.5 Å². The molecule has 0 unspecified atom stereocenters. The van der Waals surface area contributed by atoms with Crippen molar-refractivity contribution in [3.05, 3.63) is 109 Å². The van der Waals surface area contributed by atoms with E-state index in [9.17, 15) is 0 Å². The molecule has 1 aliphatic heterocycles. The van der Waals surface area contributed by atoms with Crippen molar-refractivity contribution in [2.45, 2.75) is 41.5 Å². The Morgan fingerprint density at radius 1 is 0.594 bits per heavy atom. The molecule has 0 saturated carbocycles. The lowest BCUT2D eigenvalue weighted by Crippen LogP contribution is -2.26. The van der Waals surface area contributed by atoms with Crippen molar-refractivity contribution in [2.75, 3.05) is 9.80 Å². The van der Waals surface area contributed by atoms with Crippen molar-refractivity contribution in [3.63, 3.8) is 0 Å². The Kier molecular flexibility index (Phi) is 6.37. The largest absolute Gasteiger partial charge is 0.287 e. The van der Waals surface area contributed by atoms with Crippen molar-refractivity contribution >= 4 is 49.3 Å². The van der Waals surface area contributed by atoms with Crippen molar-refractivity contribution in [2.24, 2.45) is 0 Å². The van der Waals surface area contributed by atoms with Gasteiger partial charge in [-0.1, -0.05) is 65.7 Å². The van der Waals surface area contributed by atoms with Gasteiger partial charge in [0, 0.05) is 0 Å². The van der Waals surface area contributed by atoms with Crippen LogP contribution in [-0.4, -0.2) is 0 Å². The average Bonchev–Trinajstić information content (AvgIpc) is 2.93. The van der Waals surface area contributed by atoms with E-state index in [1.165, 1.54) is 44.8 Å². The molecular weight excluding hydrogens is 524 g/mol. The van der Waals surface area contributed by atoms with E-state index in [0.717, 1.165) is 20.6 Å². The van der Waals surface area contributed by atoms with E-state index in [4.69, 9.17) is 0 Å². The Labute approximate surface area is 208 Å². The van der Waals surface area contributed by atoms with Gasteiger partial charge in [0.25, 0.3) is 0 Å². The second kappa shape index (κ2) is 8.92. The number of benzene rings is 3. The zero-order valence-corrected chi connectivity index (χ0v) is 22.6. The van der Waals surface area contributed by atoms with Crippen molar-refractivity contribution in [1.29, 1.82) is 0 Å². The predicted molar refractivity (Wildman–Crippen MR) is 146 cm³/mol. The fourth-order valence-corrected chi connectivity index (χ4v) is 5.86. The topological polar surface area (TPSA) is 6.48 Å². The van der Waals surface area contributed by atoms with E-state index in [-0.39, 0.29) is 0 Å². The molecule has 0 spiro atoms. The molecule has 0 N–H and O–H groups in total. The molecule has 0 amide bonds. The highest BCUT2D eigenvalue weighted by atomic mass is 79.9. The molecule has 2 nitrogen and oxygen atoms in total. The second-order valence-electron chi connectivity index (χ2n) is 8.66. The maximum Gasteiger partial charge on any atom is 0.124 e. The van der Waals surface area contributed by atoms with Crippen molar-refractivity contribution < 1.29 is 0 Å². The van der Waals surface area contributed by atoms with Gasteiger partial charge in [0.2, 0.25) is 0 Å². The molecule has 0 aromatic heterocycles. The van der Waals surface area contributed by atoms with Gasteiger partial charge in [-0.2, -0.15) is 0 Å². The Hall–Kier alpha value is -2.30. The number of hydrogen-bond donors (Lipinski definition) is 0. The number of rotatable bonds is 3. The Morgan fingerprint density at radius 3 is 1.34 bits per heavy atom. The lowest BCUT2D eigenvalue weighted by molar-refractivity contribution is 1.08. The van der Waals surface area contributed by atoms with Gasteiger partial charge in [0.05, 0.1) is 11.4 Å². The summed E-state index contributed by atoms with van der Waals surface area (Å²) in [6.45, 7) is 13.1. The molecule has 0 atom stereocenters. The number of nitrogens with zero attached hydrogens (tertiary/aromatic N) is 2. The Morgan fingerprint density at radius 2 is 0.969 bits per heavy atom. The first kappa shape index (κ1) is 22.9. The van der Waals surface area contributed by atoms with Crippen LogP contribution in [0.2, 0.25) is 0 Å². The first-order chi connectivity index (χ1) is 15.2. The average molecular weight is 552 g/mol. The lowest BCUT2D eigenvalue weighted by Gasteiger charge is -2.31. The molecule has 3 aromatic rings. The third-order valence-corrected chi connectivity index (χ3v) is 7.83. The highest BCUT2D eigenvalue weighted by molar-refractivity contribution is 9.14. The minimum atomic E-state index is 0.995. The van der Waals surface area contributed by atoms with E-state index in [0.29, 0.717) is 0 Å². The van der Waals surface area contributed by atoms with Gasteiger partial charge in [-0.3, -0.25) is 9.80 Å². The summed E-state index contributed by atoms with van der Waals surface area (Å²) in [6, 6.07) is 19.5.